The van der Waals surface area contributed by atoms with Gasteiger partial charge in [-0.15, -0.1) is 0 Å². The number of aromatic nitrogens is 2. The first-order valence-electron chi connectivity index (χ1n) is 10.9. The third kappa shape index (κ3) is 4.72. The standard InChI is InChI=1S/C25H28BrN3O3/c1-14-9-19(12-25(3,4)11-14)28-24(31)20-10-17(13-27-20)23(30)21-15(2)32-29-22(21)16-5-7-18(26)8-6-16/h5-8,10,13-14,19,27H,9,11-12H2,1-4H3,(H,28,31). The van der Waals surface area contributed by atoms with Crippen molar-refractivity contribution >= 4 is 27.6 Å². The van der Waals surface area contributed by atoms with Crippen molar-refractivity contribution in [2.45, 2.75) is 53.0 Å². The number of hydrogen-bond acceptors (Lipinski definition) is 4. The average molecular weight is 498 g/mol. The van der Waals surface area contributed by atoms with E-state index >= 15 is 0 Å². The number of nitrogens with zero attached hydrogens (tertiary/aromatic N) is 1. The summed E-state index contributed by atoms with van der Waals surface area (Å²) in [5.41, 5.74) is 2.67. The monoisotopic (exact) mass is 497 g/mol. The fraction of sp³-hybridized carbons (Fsp3) is 0.400. The zero-order chi connectivity index (χ0) is 23.0. The zero-order valence-corrected chi connectivity index (χ0v) is 20.4. The highest BCUT2D eigenvalue weighted by atomic mass is 79.9. The molecule has 4 rings (SSSR count). The molecule has 2 atom stereocenters. The summed E-state index contributed by atoms with van der Waals surface area (Å²) in [7, 11) is 0. The molecule has 1 aliphatic carbocycles. The number of amides is 1. The zero-order valence-electron chi connectivity index (χ0n) is 18.8. The molecule has 32 heavy (non-hydrogen) atoms. The third-order valence-corrected chi connectivity index (χ3v) is 6.65. The molecule has 3 aromatic rings. The van der Waals surface area contributed by atoms with Crippen LogP contribution in [-0.2, 0) is 0 Å². The molecule has 0 bridgehead atoms. The molecule has 0 saturated heterocycles. The van der Waals surface area contributed by atoms with Crippen LogP contribution in [0.1, 0.15) is 72.2 Å². The predicted octanol–water partition coefficient (Wildman–Crippen LogP) is 5.92. The lowest BCUT2D eigenvalue weighted by atomic mass is 9.70. The molecule has 2 heterocycles. The Morgan fingerprint density at radius 3 is 2.62 bits per heavy atom. The Morgan fingerprint density at radius 2 is 1.94 bits per heavy atom. The number of aromatic amines is 1. The highest BCUT2D eigenvalue weighted by Crippen LogP contribution is 2.38. The molecule has 0 aliphatic heterocycles. The normalized spacial score (nSPS) is 20.2. The van der Waals surface area contributed by atoms with Crippen LogP contribution in [0.5, 0.6) is 0 Å². The molecular weight excluding hydrogens is 470 g/mol. The van der Waals surface area contributed by atoms with Gasteiger partial charge in [0.2, 0.25) is 0 Å². The van der Waals surface area contributed by atoms with Crippen molar-refractivity contribution in [3.8, 4) is 11.3 Å². The van der Waals surface area contributed by atoms with Crippen LogP contribution in [0.15, 0.2) is 45.5 Å². The number of halogens is 1. The van der Waals surface area contributed by atoms with E-state index in [4.69, 9.17) is 4.52 Å². The second-order valence-electron chi connectivity index (χ2n) is 9.68. The minimum Gasteiger partial charge on any atom is -0.360 e. The van der Waals surface area contributed by atoms with Crippen molar-refractivity contribution in [2.75, 3.05) is 0 Å². The summed E-state index contributed by atoms with van der Waals surface area (Å²) in [6.45, 7) is 8.44. The molecule has 1 aliphatic rings. The second-order valence-corrected chi connectivity index (χ2v) is 10.6. The summed E-state index contributed by atoms with van der Waals surface area (Å²) >= 11 is 3.42. The number of benzene rings is 1. The van der Waals surface area contributed by atoms with Crippen molar-refractivity contribution in [3.63, 3.8) is 0 Å². The summed E-state index contributed by atoms with van der Waals surface area (Å²) in [5.74, 6) is 0.593. The molecule has 6 nitrogen and oxygen atoms in total. The first-order valence-corrected chi connectivity index (χ1v) is 11.7. The number of ketones is 1. The van der Waals surface area contributed by atoms with E-state index in [1.807, 2.05) is 24.3 Å². The number of rotatable bonds is 5. The van der Waals surface area contributed by atoms with Gasteiger partial charge < -0.3 is 14.8 Å². The molecule has 2 N–H and O–H groups in total. The molecule has 2 aromatic heterocycles. The van der Waals surface area contributed by atoms with Gasteiger partial charge in [0.05, 0.1) is 5.56 Å². The van der Waals surface area contributed by atoms with E-state index in [0.717, 1.165) is 22.9 Å². The fourth-order valence-electron chi connectivity index (χ4n) is 4.96. The third-order valence-electron chi connectivity index (χ3n) is 6.12. The Morgan fingerprint density at radius 1 is 1.22 bits per heavy atom. The van der Waals surface area contributed by atoms with Gasteiger partial charge in [-0.3, -0.25) is 9.59 Å². The van der Waals surface area contributed by atoms with E-state index in [1.165, 1.54) is 6.42 Å². The first kappa shape index (κ1) is 22.5. The maximum atomic E-state index is 13.3. The highest BCUT2D eigenvalue weighted by molar-refractivity contribution is 9.10. The van der Waals surface area contributed by atoms with Gasteiger partial charge in [-0.1, -0.05) is 54.0 Å². The van der Waals surface area contributed by atoms with Crippen LogP contribution >= 0.6 is 15.9 Å². The average Bonchev–Trinajstić information content (AvgIpc) is 3.34. The minimum atomic E-state index is -0.232. The number of carbonyl (C=O) groups excluding carboxylic acids is 2. The number of nitrogens with one attached hydrogen (secondary N) is 2. The first-order chi connectivity index (χ1) is 15.1. The summed E-state index contributed by atoms with van der Waals surface area (Å²) in [6.07, 6.45) is 4.66. The lowest BCUT2D eigenvalue weighted by molar-refractivity contribution is 0.0869. The molecule has 1 saturated carbocycles. The number of carbonyl (C=O) groups is 2. The van der Waals surface area contributed by atoms with Gasteiger partial charge in [-0.25, -0.2) is 0 Å². The van der Waals surface area contributed by atoms with Crippen LogP contribution in [0.2, 0.25) is 0 Å². The fourth-order valence-corrected chi connectivity index (χ4v) is 5.23. The van der Waals surface area contributed by atoms with Gasteiger partial charge >= 0.3 is 0 Å². The molecule has 1 aromatic carbocycles. The van der Waals surface area contributed by atoms with Gasteiger partial charge in [-0.05, 0) is 55.7 Å². The quantitative estimate of drug-likeness (QED) is 0.428. The lowest BCUT2D eigenvalue weighted by Crippen LogP contribution is -2.43. The van der Waals surface area contributed by atoms with Crippen molar-refractivity contribution in [1.29, 1.82) is 0 Å². The molecule has 0 spiro atoms. The summed E-state index contributed by atoms with van der Waals surface area (Å²) < 4.78 is 6.27. The van der Waals surface area contributed by atoms with E-state index < -0.39 is 0 Å². The topological polar surface area (TPSA) is 88.0 Å². The second kappa shape index (κ2) is 8.70. The molecule has 7 heteroatoms. The molecular formula is C25H28BrN3O3. The largest absolute Gasteiger partial charge is 0.360 e. The van der Waals surface area contributed by atoms with Crippen LogP contribution in [0, 0.1) is 18.3 Å². The predicted molar refractivity (Wildman–Crippen MR) is 127 cm³/mol. The Labute approximate surface area is 196 Å². The smallest absolute Gasteiger partial charge is 0.267 e. The van der Waals surface area contributed by atoms with E-state index in [-0.39, 0.29) is 23.1 Å². The van der Waals surface area contributed by atoms with Crippen molar-refractivity contribution in [2.24, 2.45) is 11.3 Å². The Bertz CT molecular complexity index is 1140. The molecule has 0 radical (unpaired) electrons. The van der Waals surface area contributed by atoms with Crippen LogP contribution in [0.25, 0.3) is 11.3 Å². The van der Waals surface area contributed by atoms with E-state index in [2.05, 4.69) is 52.2 Å². The molecule has 1 fully saturated rings. The lowest BCUT2D eigenvalue weighted by Gasteiger charge is -2.39. The Hall–Kier alpha value is -2.67. The number of aryl methyl sites for hydroxylation is 1. The van der Waals surface area contributed by atoms with Crippen LogP contribution in [-0.4, -0.2) is 27.9 Å². The highest BCUT2D eigenvalue weighted by Gasteiger charge is 2.33. The van der Waals surface area contributed by atoms with E-state index in [1.54, 1.807) is 19.2 Å². The Kier molecular flexibility index (Phi) is 6.12. The van der Waals surface area contributed by atoms with Gasteiger partial charge in [0.25, 0.3) is 5.91 Å². The van der Waals surface area contributed by atoms with Gasteiger partial charge in [0.15, 0.2) is 5.78 Å². The SMILES string of the molecule is Cc1onc(-c2ccc(Br)cc2)c1C(=O)c1c[nH]c(C(=O)NC2CC(C)CC(C)(C)C2)c1. The van der Waals surface area contributed by atoms with Crippen LogP contribution in [0.4, 0.5) is 0 Å². The van der Waals surface area contributed by atoms with Crippen LogP contribution in [0.3, 0.4) is 0 Å². The number of hydrogen-bond donors (Lipinski definition) is 2. The maximum Gasteiger partial charge on any atom is 0.267 e. The number of H-pyrrole nitrogens is 1. The maximum absolute atomic E-state index is 13.3. The Balaban J connectivity index is 1.53. The summed E-state index contributed by atoms with van der Waals surface area (Å²) in [5, 5.41) is 7.25. The van der Waals surface area contributed by atoms with Gasteiger partial charge in [0.1, 0.15) is 17.1 Å². The van der Waals surface area contributed by atoms with Gasteiger partial charge in [0, 0.05) is 27.8 Å². The van der Waals surface area contributed by atoms with Crippen molar-refractivity contribution < 1.29 is 14.1 Å². The van der Waals surface area contributed by atoms with Gasteiger partial charge in [-0.2, -0.15) is 0 Å². The van der Waals surface area contributed by atoms with E-state index in [9.17, 15) is 9.59 Å². The van der Waals surface area contributed by atoms with Crippen molar-refractivity contribution in [1.82, 2.24) is 15.5 Å². The molecule has 168 valence electrons. The van der Waals surface area contributed by atoms with Crippen molar-refractivity contribution in [3.05, 3.63) is 63.6 Å². The van der Waals surface area contributed by atoms with Crippen LogP contribution < -0.4 is 5.32 Å². The molecule has 1 amide bonds. The van der Waals surface area contributed by atoms with E-state index in [0.29, 0.717) is 34.2 Å². The molecule has 2 unspecified atom stereocenters. The minimum absolute atomic E-state index is 0.132. The summed E-state index contributed by atoms with van der Waals surface area (Å²) in [4.78, 5) is 29.1. The summed E-state index contributed by atoms with van der Waals surface area (Å²) in [6, 6.07) is 9.27.